The molecule has 6 nitrogen and oxygen atoms in total. The van der Waals surface area contributed by atoms with Gasteiger partial charge in [0.2, 0.25) is 5.91 Å². The number of nitrogens with two attached hydrogens (primary N) is 1. The highest BCUT2D eigenvalue weighted by molar-refractivity contribution is 8.14. The molecule has 1 rings (SSSR count). The standard InChI is InChI=1S/C10H12N4O2S/c11-10(12)17-6-8(15)13-14-9(16)7-4-2-1-3-5-7/h1-5H,6H2,(H3,11,12)(H,13,15)(H,14,16). The van der Waals surface area contributed by atoms with Crippen molar-refractivity contribution in [2.24, 2.45) is 5.73 Å². The molecule has 0 saturated carbocycles. The molecule has 1 aromatic carbocycles. The van der Waals surface area contributed by atoms with Crippen LogP contribution in [0.3, 0.4) is 0 Å². The largest absolute Gasteiger partial charge is 0.379 e. The molecule has 17 heavy (non-hydrogen) atoms. The van der Waals surface area contributed by atoms with Crippen molar-refractivity contribution in [3.63, 3.8) is 0 Å². The Bertz CT molecular complexity index is 422. The Morgan fingerprint density at radius 1 is 1.24 bits per heavy atom. The molecule has 0 unspecified atom stereocenters. The van der Waals surface area contributed by atoms with Gasteiger partial charge in [-0.1, -0.05) is 30.0 Å². The minimum Gasteiger partial charge on any atom is -0.379 e. The zero-order chi connectivity index (χ0) is 12.7. The predicted octanol–water partition coefficient (Wildman–Crippen LogP) is 0.0743. The number of amides is 2. The summed E-state index contributed by atoms with van der Waals surface area (Å²) in [6.45, 7) is 0. The molecule has 0 aliphatic rings. The summed E-state index contributed by atoms with van der Waals surface area (Å²) in [4.78, 5) is 22.7. The third-order valence-electron chi connectivity index (χ3n) is 1.71. The number of nitrogens with one attached hydrogen (secondary N) is 3. The number of hydrogen-bond donors (Lipinski definition) is 4. The molecule has 5 N–H and O–H groups in total. The van der Waals surface area contributed by atoms with E-state index < -0.39 is 11.8 Å². The molecule has 0 radical (unpaired) electrons. The molecule has 0 bridgehead atoms. The number of carbonyl (C=O) groups is 2. The van der Waals surface area contributed by atoms with Gasteiger partial charge in [-0.05, 0) is 12.1 Å². The van der Waals surface area contributed by atoms with Crippen LogP contribution in [0.25, 0.3) is 0 Å². The highest BCUT2D eigenvalue weighted by Crippen LogP contribution is 1.98. The molecule has 0 saturated heterocycles. The molecule has 7 heteroatoms. The van der Waals surface area contributed by atoms with Crippen LogP contribution in [0.1, 0.15) is 10.4 Å². The summed E-state index contributed by atoms with van der Waals surface area (Å²) in [5, 5.41) is 6.77. The topological polar surface area (TPSA) is 108 Å². The van der Waals surface area contributed by atoms with Crippen LogP contribution in [0.2, 0.25) is 0 Å². The van der Waals surface area contributed by atoms with E-state index in [9.17, 15) is 9.59 Å². The highest BCUT2D eigenvalue weighted by atomic mass is 32.2. The van der Waals surface area contributed by atoms with Crippen molar-refractivity contribution in [1.29, 1.82) is 5.41 Å². The van der Waals surface area contributed by atoms with E-state index >= 15 is 0 Å². The fraction of sp³-hybridized carbons (Fsp3) is 0.100. The minimum atomic E-state index is -0.422. The van der Waals surface area contributed by atoms with Gasteiger partial charge in [0, 0.05) is 5.56 Å². The first kappa shape index (κ1) is 13.0. The van der Waals surface area contributed by atoms with E-state index in [1.165, 1.54) is 0 Å². The summed E-state index contributed by atoms with van der Waals surface area (Å²) < 4.78 is 0. The number of amidine groups is 1. The number of thioether (sulfide) groups is 1. The average molecular weight is 252 g/mol. The maximum Gasteiger partial charge on any atom is 0.269 e. The Balaban J connectivity index is 2.34. The molecule has 0 aromatic heterocycles. The van der Waals surface area contributed by atoms with E-state index in [2.05, 4.69) is 10.9 Å². The maximum absolute atomic E-state index is 11.5. The lowest BCUT2D eigenvalue weighted by atomic mass is 10.2. The van der Waals surface area contributed by atoms with Crippen LogP contribution < -0.4 is 16.6 Å². The van der Waals surface area contributed by atoms with Gasteiger partial charge in [0.25, 0.3) is 5.91 Å². The van der Waals surface area contributed by atoms with Gasteiger partial charge in [0.05, 0.1) is 5.75 Å². The van der Waals surface area contributed by atoms with Gasteiger partial charge in [-0.25, -0.2) is 0 Å². The van der Waals surface area contributed by atoms with Crippen molar-refractivity contribution < 1.29 is 9.59 Å². The normalized spacial score (nSPS) is 9.41. The van der Waals surface area contributed by atoms with Crippen molar-refractivity contribution in [3.05, 3.63) is 35.9 Å². The fourth-order valence-electron chi connectivity index (χ4n) is 0.968. The van der Waals surface area contributed by atoms with E-state index in [-0.39, 0.29) is 10.9 Å². The Hall–Kier alpha value is -2.02. The average Bonchev–Trinajstić information content (AvgIpc) is 2.34. The summed E-state index contributed by atoms with van der Waals surface area (Å²) in [5.41, 5.74) is 10.0. The summed E-state index contributed by atoms with van der Waals surface area (Å²) in [6, 6.07) is 8.50. The molecular formula is C10H12N4O2S. The third-order valence-corrected chi connectivity index (χ3v) is 2.43. The van der Waals surface area contributed by atoms with Gasteiger partial charge in [-0.3, -0.25) is 25.8 Å². The van der Waals surface area contributed by atoms with Crippen LogP contribution in [0.4, 0.5) is 0 Å². The lowest BCUT2D eigenvalue weighted by Crippen LogP contribution is -2.42. The third kappa shape index (κ3) is 5.03. The van der Waals surface area contributed by atoms with Crippen molar-refractivity contribution in [3.8, 4) is 0 Å². The minimum absolute atomic E-state index is 0.00952. The second-order valence-electron chi connectivity index (χ2n) is 3.02. The van der Waals surface area contributed by atoms with Crippen LogP contribution in [-0.4, -0.2) is 22.7 Å². The van der Waals surface area contributed by atoms with Crippen LogP contribution in [0.15, 0.2) is 30.3 Å². The lowest BCUT2D eigenvalue weighted by Gasteiger charge is -2.06. The van der Waals surface area contributed by atoms with Crippen molar-refractivity contribution in [2.75, 3.05) is 5.75 Å². The van der Waals surface area contributed by atoms with Gasteiger partial charge >= 0.3 is 0 Å². The first-order valence-corrected chi connectivity index (χ1v) is 5.69. The number of carbonyl (C=O) groups excluding carboxylic acids is 2. The van der Waals surface area contributed by atoms with Gasteiger partial charge in [0.1, 0.15) is 0 Å². The summed E-state index contributed by atoms with van der Waals surface area (Å²) in [7, 11) is 0. The summed E-state index contributed by atoms with van der Waals surface area (Å²) >= 11 is 0.885. The van der Waals surface area contributed by atoms with Crippen LogP contribution in [-0.2, 0) is 4.79 Å². The van der Waals surface area contributed by atoms with Crippen LogP contribution in [0.5, 0.6) is 0 Å². The van der Waals surface area contributed by atoms with E-state index in [4.69, 9.17) is 11.1 Å². The monoisotopic (exact) mass is 252 g/mol. The van der Waals surface area contributed by atoms with Crippen molar-refractivity contribution in [2.45, 2.75) is 0 Å². The molecule has 0 atom stereocenters. The first-order chi connectivity index (χ1) is 8.09. The second kappa shape index (κ2) is 6.54. The van der Waals surface area contributed by atoms with E-state index in [0.717, 1.165) is 11.8 Å². The SMILES string of the molecule is N=C(N)SCC(=O)NNC(=O)c1ccccc1. The van der Waals surface area contributed by atoms with Crippen molar-refractivity contribution in [1.82, 2.24) is 10.9 Å². The van der Waals surface area contributed by atoms with Crippen LogP contribution >= 0.6 is 11.8 Å². The van der Waals surface area contributed by atoms with Gasteiger partial charge < -0.3 is 5.73 Å². The summed E-state index contributed by atoms with van der Waals surface area (Å²) in [5.74, 6) is -0.828. The predicted molar refractivity (Wildman–Crippen MR) is 66.4 cm³/mol. The Morgan fingerprint density at radius 2 is 1.88 bits per heavy atom. The molecular weight excluding hydrogens is 240 g/mol. The van der Waals surface area contributed by atoms with Crippen molar-refractivity contribution >= 4 is 28.7 Å². The quantitative estimate of drug-likeness (QED) is 0.347. The zero-order valence-electron chi connectivity index (χ0n) is 8.90. The Morgan fingerprint density at radius 3 is 2.47 bits per heavy atom. The fourth-order valence-corrected chi connectivity index (χ4v) is 1.33. The molecule has 0 heterocycles. The van der Waals surface area contributed by atoms with Gasteiger partial charge in [0.15, 0.2) is 5.17 Å². The van der Waals surface area contributed by atoms with Gasteiger partial charge in [-0.15, -0.1) is 0 Å². The first-order valence-electron chi connectivity index (χ1n) is 4.70. The highest BCUT2D eigenvalue weighted by Gasteiger charge is 2.06. The molecule has 0 aliphatic heterocycles. The molecule has 0 aliphatic carbocycles. The zero-order valence-corrected chi connectivity index (χ0v) is 9.71. The van der Waals surface area contributed by atoms with Crippen LogP contribution in [0, 0.1) is 5.41 Å². The summed E-state index contributed by atoms with van der Waals surface area (Å²) in [6.07, 6.45) is 0. The molecule has 2 amide bonds. The molecule has 90 valence electrons. The van der Waals surface area contributed by atoms with Gasteiger partial charge in [-0.2, -0.15) is 0 Å². The number of benzene rings is 1. The Kier molecular flexibility index (Phi) is 5.02. The number of hydrazine groups is 1. The van der Waals surface area contributed by atoms with E-state index in [1.807, 2.05) is 0 Å². The molecule has 0 fully saturated rings. The molecule has 0 spiro atoms. The smallest absolute Gasteiger partial charge is 0.269 e. The Labute approximate surface area is 102 Å². The van der Waals surface area contributed by atoms with E-state index in [1.54, 1.807) is 30.3 Å². The molecule has 1 aromatic rings. The maximum atomic E-state index is 11.5. The van der Waals surface area contributed by atoms with E-state index in [0.29, 0.717) is 5.56 Å². The number of hydrogen-bond acceptors (Lipinski definition) is 4. The number of rotatable bonds is 3. The second-order valence-corrected chi connectivity index (χ2v) is 4.04. The lowest BCUT2D eigenvalue weighted by molar-refractivity contribution is -0.119.